The summed E-state index contributed by atoms with van der Waals surface area (Å²) in [6.45, 7) is 0.687. The predicted molar refractivity (Wildman–Crippen MR) is 46.6 cm³/mol. The number of rotatable bonds is 4. The Morgan fingerprint density at radius 1 is 1.75 bits per heavy atom. The fraction of sp³-hybridized carbons (Fsp3) is 0.625. The molecule has 0 saturated carbocycles. The third-order valence-corrected chi connectivity index (χ3v) is 1.87. The van der Waals surface area contributed by atoms with Gasteiger partial charge in [-0.2, -0.15) is 5.10 Å². The van der Waals surface area contributed by atoms with Crippen molar-refractivity contribution in [3.05, 3.63) is 18.0 Å². The Morgan fingerprint density at radius 2 is 2.50 bits per heavy atom. The monoisotopic (exact) mass is 169 g/mol. The summed E-state index contributed by atoms with van der Waals surface area (Å²) in [6.07, 6.45) is 2.58. The molecule has 1 rings (SSSR count). The van der Waals surface area contributed by atoms with Crippen molar-refractivity contribution in [2.24, 2.45) is 12.8 Å². The largest absolute Gasteiger partial charge is 0.385 e. The summed E-state index contributed by atoms with van der Waals surface area (Å²) in [4.78, 5) is 0. The highest BCUT2D eigenvalue weighted by atomic mass is 16.5. The first-order chi connectivity index (χ1) is 5.75. The quantitative estimate of drug-likeness (QED) is 0.712. The molecule has 4 heteroatoms. The smallest absolute Gasteiger partial charge is 0.0548 e. The zero-order valence-corrected chi connectivity index (χ0v) is 7.53. The first kappa shape index (κ1) is 9.22. The maximum absolute atomic E-state index is 5.89. The van der Waals surface area contributed by atoms with E-state index in [2.05, 4.69) is 5.10 Å². The van der Waals surface area contributed by atoms with E-state index in [0.29, 0.717) is 6.61 Å². The molecular weight excluding hydrogens is 154 g/mol. The standard InChI is InChI=1S/C8H15N3O/c1-11-8(3-5-10-11)7(9)4-6-12-2/h3,5,7H,4,6,9H2,1-2H3. The van der Waals surface area contributed by atoms with Gasteiger partial charge < -0.3 is 10.5 Å². The van der Waals surface area contributed by atoms with Crippen molar-refractivity contribution < 1.29 is 4.74 Å². The molecular formula is C8H15N3O. The molecule has 2 N–H and O–H groups in total. The van der Waals surface area contributed by atoms with Gasteiger partial charge in [0.15, 0.2) is 0 Å². The van der Waals surface area contributed by atoms with Gasteiger partial charge in [0.25, 0.3) is 0 Å². The zero-order valence-electron chi connectivity index (χ0n) is 7.53. The fourth-order valence-electron chi connectivity index (χ4n) is 1.14. The first-order valence-corrected chi connectivity index (χ1v) is 3.98. The Balaban J connectivity index is 2.52. The van der Waals surface area contributed by atoms with Crippen LogP contribution in [0.25, 0.3) is 0 Å². The molecule has 0 radical (unpaired) electrons. The van der Waals surface area contributed by atoms with Crippen molar-refractivity contribution in [3.8, 4) is 0 Å². The van der Waals surface area contributed by atoms with Gasteiger partial charge >= 0.3 is 0 Å². The molecule has 0 aromatic carbocycles. The van der Waals surface area contributed by atoms with E-state index >= 15 is 0 Å². The number of aryl methyl sites for hydroxylation is 1. The minimum Gasteiger partial charge on any atom is -0.385 e. The molecule has 0 spiro atoms. The topological polar surface area (TPSA) is 53.1 Å². The average molecular weight is 169 g/mol. The molecule has 1 unspecified atom stereocenters. The second-order valence-electron chi connectivity index (χ2n) is 2.77. The highest BCUT2D eigenvalue weighted by Crippen LogP contribution is 2.11. The van der Waals surface area contributed by atoms with Crippen LogP contribution in [0.2, 0.25) is 0 Å². The van der Waals surface area contributed by atoms with Gasteiger partial charge in [-0.3, -0.25) is 4.68 Å². The lowest BCUT2D eigenvalue weighted by Crippen LogP contribution is -2.16. The van der Waals surface area contributed by atoms with Crippen molar-refractivity contribution in [3.63, 3.8) is 0 Å². The van der Waals surface area contributed by atoms with Crippen LogP contribution in [0.5, 0.6) is 0 Å². The summed E-state index contributed by atoms with van der Waals surface area (Å²) in [6, 6.07) is 1.96. The van der Waals surface area contributed by atoms with Gasteiger partial charge in [0, 0.05) is 33.0 Å². The van der Waals surface area contributed by atoms with Crippen LogP contribution in [0, 0.1) is 0 Å². The van der Waals surface area contributed by atoms with Crippen LogP contribution < -0.4 is 5.73 Å². The van der Waals surface area contributed by atoms with Gasteiger partial charge in [0.05, 0.1) is 5.69 Å². The molecule has 1 aromatic heterocycles. The van der Waals surface area contributed by atoms with Crippen molar-refractivity contribution in [1.82, 2.24) is 9.78 Å². The molecule has 1 heterocycles. The van der Waals surface area contributed by atoms with Crippen molar-refractivity contribution in [2.45, 2.75) is 12.5 Å². The van der Waals surface area contributed by atoms with E-state index in [0.717, 1.165) is 12.1 Å². The Bertz CT molecular complexity index is 234. The Hall–Kier alpha value is -0.870. The molecule has 4 nitrogen and oxygen atoms in total. The van der Waals surface area contributed by atoms with Crippen LogP contribution >= 0.6 is 0 Å². The average Bonchev–Trinajstić information content (AvgIpc) is 2.47. The SMILES string of the molecule is COCCC(N)c1ccnn1C. The maximum Gasteiger partial charge on any atom is 0.0548 e. The van der Waals surface area contributed by atoms with E-state index in [1.165, 1.54) is 0 Å². The molecule has 0 bridgehead atoms. The van der Waals surface area contributed by atoms with E-state index in [-0.39, 0.29) is 6.04 Å². The Morgan fingerprint density at radius 3 is 3.00 bits per heavy atom. The summed E-state index contributed by atoms with van der Waals surface area (Å²) in [5.41, 5.74) is 6.93. The lowest BCUT2D eigenvalue weighted by Gasteiger charge is -2.10. The van der Waals surface area contributed by atoms with Crippen molar-refractivity contribution in [2.75, 3.05) is 13.7 Å². The normalized spacial score (nSPS) is 13.2. The third kappa shape index (κ3) is 2.06. The number of ether oxygens (including phenoxy) is 1. The van der Waals surface area contributed by atoms with Gasteiger partial charge in [-0.15, -0.1) is 0 Å². The third-order valence-electron chi connectivity index (χ3n) is 1.87. The number of hydrogen-bond acceptors (Lipinski definition) is 3. The molecule has 0 aliphatic rings. The number of nitrogens with two attached hydrogens (primary N) is 1. The minimum atomic E-state index is 0.0254. The predicted octanol–water partition coefficient (Wildman–Crippen LogP) is 0.456. The summed E-state index contributed by atoms with van der Waals surface area (Å²) >= 11 is 0. The zero-order chi connectivity index (χ0) is 8.97. The van der Waals surface area contributed by atoms with Gasteiger partial charge in [-0.25, -0.2) is 0 Å². The highest BCUT2D eigenvalue weighted by molar-refractivity contribution is 5.05. The fourth-order valence-corrected chi connectivity index (χ4v) is 1.14. The van der Waals surface area contributed by atoms with E-state index in [1.807, 2.05) is 13.1 Å². The van der Waals surface area contributed by atoms with E-state index in [4.69, 9.17) is 10.5 Å². The number of methoxy groups -OCH3 is 1. The Labute approximate surface area is 72.3 Å². The summed E-state index contributed by atoms with van der Waals surface area (Å²) in [7, 11) is 3.57. The molecule has 68 valence electrons. The summed E-state index contributed by atoms with van der Waals surface area (Å²) < 4.78 is 6.73. The summed E-state index contributed by atoms with van der Waals surface area (Å²) in [5.74, 6) is 0. The minimum absolute atomic E-state index is 0.0254. The van der Waals surface area contributed by atoms with Crippen LogP contribution in [-0.2, 0) is 11.8 Å². The lowest BCUT2D eigenvalue weighted by atomic mass is 10.1. The molecule has 1 aromatic rings. The molecule has 1 atom stereocenters. The second kappa shape index (κ2) is 4.23. The van der Waals surface area contributed by atoms with Crippen LogP contribution in [-0.4, -0.2) is 23.5 Å². The van der Waals surface area contributed by atoms with E-state index in [9.17, 15) is 0 Å². The molecule has 0 aliphatic carbocycles. The van der Waals surface area contributed by atoms with Crippen LogP contribution in [0.15, 0.2) is 12.3 Å². The van der Waals surface area contributed by atoms with Gasteiger partial charge in [-0.1, -0.05) is 0 Å². The van der Waals surface area contributed by atoms with Gasteiger partial charge in [-0.05, 0) is 12.5 Å². The molecule has 0 saturated heterocycles. The van der Waals surface area contributed by atoms with Crippen LogP contribution in [0.1, 0.15) is 18.2 Å². The number of nitrogens with zero attached hydrogens (tertiary/aromatic N) is 2. The maximum atomic E-state index is 5.89. The molecule has 0 fully saturated rings. The Kier molecular flexibility index (Phi) is 3.25. The van der Waals surface area contributed by atoms with Crippen LogP contribution in [0.4, 0.5) is 0 Å². The van der Waals surface area contributed by atoms with Crippen molar-refractivity contribution >= 4 is 0 Å². The van der Waals surface area contributed by atoms with Gasteiger partial charge in [0.2, 0.25) is 0 Å². The lowest BCUT2D eigenvalue weighted by molar-refractivity contribution is 0.187. The molecule has 0 aliphatic heterocycles. The second-order valence-corrected chi connectivity index (χ2v) is 2.77. The van der Waals surface area contributed by atoms with Crippen LogP contribution in [0.3, 0.4) is 0 Å². The molecule has 12 heavy (non-hydrogen) atoms. The summed E-state index contributed by atoms with van der Waals surface area (Å²) in [5, 5.41) is 4.04. The molecule has 0 amide bonds. The highest BCUT2D eigenvalue weighted by Gasteiger charge is 2.08. The first-order valence-electron chi connectivity index (χ1n) is 3.98. The number of hydrogen-bond donors (Lipinski definition) is 1. The van der Waals surface area contributed by atoms with Crippen molar-refractivity contribution in [1.29, 1.82) is 0 Å². The van der Waals surface area contributed by atoms with E-state index < -0.39 is 0 Å². The number of aromatic nitrogens is 2. The van der Waals surface area contributed by atoms with E-state index in [1.54, 1.807) is 18.0 Å². The van der Waals surface area contributed by atoms with Gasteiger partial charge in [0.1, 0.15) is 0 Å².